The summed E-state index contributed by atoms with van der Waals surface area (Å²) >= 11 is 0. The lowest BCUT2D eigenvalue weighted by Gasteiger charge is -2.27. The third-order valence-corrected chi connectivity index (χ3v) is 6.02. The predicted octanol–water partition coefficient (Wildman–Crippen LogP) is 5.78. The Hall–Kier alpha value is -4.58. The third-order valence-electron chi connectivity index (χ3n) is 6.02. The Morgan fingerprint density at radius 2 is 1.54 bits per heavy atom. The molecule has 1 unspecified atom stereocenters. The van der Waals surface area contributed by atoms with Crippen LogP contribution in [-0.2, 0) is 6.54 Å². The van der Waals surface area contributed by atoms with Gasteiger partial charge in [0.25, 0.3) is 5.91 Å². The molecule has 0 fully saturated rings. The average Bonchev–Trinajstić information content (AvgIpc) is 3.09. The van der Waals surface area contributed by atoms with Crippen LogP contribution in [0.1, 0.15) is 37.9 Å². The van der Waals surface area contributed by atoms with Crippen molar-refractivity contribution in [3.63, 3.8) is 0 Å². The van der Waals surface area contributed by atoms with Gasteiger partial charge in [0.2, 0.25) is 0 Å². The fourth-order valence-corrected chi connectivity index (χ4v) is 4.29. The van der Waals surface area contributed by atoms with Crippen molar-refractivity contribution in [2.75, 3.05) is 16.8 Å². The zero-order valence-electron chi connectivity index (χ0n) is 18.9. The molecule has 0 saturated carbocycles. The van der Waals surface area contributed by atoms with E-state index >= 15 is 0 Å². The molecule has 0 spiro atoms. The van der Waals surface area contributed by atoms with Gasteiger partial charge in [-0.1, -0.05) is 66.7 Å². The summed E-state index contributed by atoms with van der Waals surface area (Å²) in [5.41, 5.74) is 3.59. The van der Waals surface area contributed by atoms with Crippen LogP contribution in [0.5, 0.6) is 5.75 Å². The molecule has 174 valence electrons. The molecule has 0 radical (unpaired) electrons. The Kier molecular flexibility index (Phi) is 6.18. The monoisotopic (exact) mass is 464 g/mol. The van der Waals surface area contributed by atoms with E-state index in [1.54, 1.807) is 36.4 Å². The van der Waals surface area contributed by atoms with Crippen LogP contribution in [0.15, 0.2) is 103 Å². The first kappa shape index (κ1) is 22.2. The van der Waals surface area contributed by atoms with E-state index in [4.69, 9.17) is 4.74 Å². The highest BCUT2D eigenvalue weighted by Gasteiger charge is 2.27. The quantitative estimate of drug-likeness (QED) is 0.392. The minimum absolute atomic E-state index is 0.113. The SMILES string of the molecule is O=C(Nc1ccc(N2Cc3ccccc3OC(c3ccccc3)C2)c(C(=O)O)c1)c1ccccc1. The Balaban J connectivity index is 1.49. The van der Waals surface area contributed by atoms with Gasteiger partial charge in [0, 0.05) is 23.4 Å². The predicted molar refractivity (Wildman–Crippen MR) is 135 cm³/mol. The van der Waals surface area contributed by atoms with Gasteiger partial charge in [-0.3, -0.25) is 4.79 Å². The summed E-state index contributed by atoms with van der Waals surface area (Å²) in [7, 11) is 0. The number of ether oxygens (including phenoxy) is 1. The standard InChI is InChI=1S/C29H24N2O4/c32-28(21-11-5-2-6-12-21)30-23-15-16-25(24(17-23)29(33)34)31-18-22-13-7-8-14-26(22)35-27(19-31)20-9-3-1-4-10-20/h1-17,27H,18-19H2,(H,30,32)(H,33,34). The highest BCUT2D eigenvalue weighted by Crippen LogP contribution is 2.35. The number of fused-ring (bicyclic) bond motifs is 1. The van der Waals surface area contributed by atoms with Crippen molar-refractivity contribution in [3.05, 3.63) is 125 Å². The first-order valence-corrected chi connectivity index (χ1v) is 11.4. The van der Waals surface area contributed by atoms with E-state index in [9.17, 15) is 14.7 Å². The molecule has 1 aliphatic rings. The normalized spacial score (nSPS) is 14.9. The molecule has 4 aromatic rings. The van der Waals surface area contributed by atoms with E-state index in [2.05, 4.69) is 5.32 Å². The summed E-state index contributed by atoms with van der Waals surface area (Å²) in [5, 5.41) is 12.9. The number of carboxylic acid groups (broad SMARTS) is 1. The molecule has 5 rings (SSSR count). The van der Waals surface area contributed by atoms with Crippen molar-refractivity contribution >= 4 is 23.3 Å². The summed E-state index contributed by atoms with van der Waals surface area (Å²) in [6.07, 6.45) is -0.279. The number of aromatic carboxylic acids is 1. The fraction of sp³-hybridized carbons (Fsp3) is 0.103. The van der Waals surface area contributed by atoms with Crippen LogP contribution in [0.3, 0.4) is 0 Å². The van der Waals surface area contributed by atoms with E-state index < -0.39 is 5.97 Å². The minimum Gasteiger partial charge on any atom is -0.484 e. The summed E-state index contributed by atoms with van der Waals surface area (Å²) in [6.45, 7) is 0.963. The molecule has 0 saturated heterocycles. The smallest absolute Gasteiger partial charge is 0.337 e. The highest BCUT2D eigenvalue weighted by atomic mass is 16.5. The number of amides is 1. The number of nitrogens with zero attached hydrogens (tertiary/aromatic N) is 1. The van der Waals surface area contributed by atoms with Crippen molar-refractivity contribution in [2.45, 2.75) is 12.6 Å². The van der Waals surface area contributed by atoms with E-state index in [1.165, 1.54) is 6.07 Å². The number of rotatable bonds is 5. The van der Waals surface area contributed by atoms with Crippen LogP contribution in [0.2, 0.25) is 0 Å². The summed E-state index contributed by atoms with van der Waals surface area (Å²) in [5.74, 6) is -0.575. The first-order valence-electron chi connectivity index (χ1n) is 11.4. The number of carbonyl (C=O) groups excluding carboxylic acids is 1. The number of carboxylic acids is 1. The molecule has 6 heteroatoms. The average molecular weight is 465 g/mol. The number of carbonyl (C=O) groups is 2. The summed E-state index contributed by atoms with van der Waals surface area (Å²) in [4.78, 5) is 26.9. The molecule has 0 aromatic heterocycles. The van der Waals surface area contributed by atoms with Crippen LogP contribution in [0.25, 0.3) is 0 Å². The lowest BCUT2D eigenvalue weighted by atomic mass is 10.1. The third kappa shape index (κ3) is 4.87. The Morgan fingerprint density at radius 1 is 0.857 bits per heavy atom. The van der Waals surface area contributed by atoms with Crippen LogP contribution in [0, 0.1) is 0 Å². The van der Waals surface area contributed by atoms with Crippen molar-refractivity contribution in [2.24, 2.45) is 0 Å². The number of benzene rings is 4. The maximum atomic E-state index is 12.6. The number of hydrogen-bond donors (Lipinski definition) is 2. The molecule has 2 N–H and O–H groups in total. The van der Waals surface area contributed by atoms with Gasteiger partial charge in [-0.2, -0.15) is 0 Å². The van der Waals surface area contributed by atoms with Crippen LogP contribution in [-0.4, -0.2) is 23.5 Å². The molecular weight excluding hydrogens is 440 g/mol. The van der Waals surface area contributed by atoms with E-state index in [0.717, 1.165) is 16.9 Å². The van der Waals surface area contributed by atoms with E-state index in [1.807, 2.05) is 65.6 Å². The zero-order chi connectivity index (χ0) is 24.2. The van der Waals surface area contributed by atoms with E-state index in [0.29, 0.717) is 30.0 Å². The number of para-hydroxylation sites is 1. The van der Waals surface area contributed by atoms with Gasteiger partial charge in [-0.05, 0) is 42.0 Å². The molecule has 0 bridgehead atoms. The minimum atomic E-state index is -1.06. The lowest BCUT2D eigenvalue weighted by molar-refractivity contribution is 0.0697. The maximum absolute atomic E-state index is 12.6. The second-order valence-corrected chi connectivity index (χ2v) is 8.36. The molecule has 35 heavy (non-hydrogen) atoms. The van der Waals surface area contributed by atoms with Gasteiger partial charge in [0.05, 0.1) is 17.8 Å². The van der Waals surface area contributed by atoms with Gasteiger partial charge < -0.3 is 20.1 Å². The Morgan fingerprint density at radius 3 is 2.29 bits per heavy atom. The largest absolute Gasteiger partial charge is 0.484 e. The second-order valence-electron chi connectivity index (χ2n) is 8.36. The Labute approximate surface area is 203 Å². The van der Waals surface area contributed by atoms with Gasteiger partial charge in [0.15, 0.2) is 0 Å². The fourth-order valence-electron chi connectivity index (χ4n) is 4.29. The van der Waals surface area contributed by atoms with E-state index in [-0.39, 0.29) is 17.6 Å². The van der Waals surface area contributed by atoms with Crippen molar-refractivity contribution < 1.29 is 19.4 Å². The second kappa shape index (κ2) is 9.73. The molecule has 1 atom stereocenters. The zero-order valence-corrected chi connectivity index (χ0v) is 18.9. The highest BCUT2D eigenvalue weighted by molar-refractivity contribution is 6.05. The van der Waals surface area contributed by atoms with Crippen molar-refractivity contribution in [1.82, 2.24) is 0 Å². The number of hydrogen-bond acceptors (Lipinski definition) is 4. The molecule has 4 aromatic carbocycles. The van der Waals surface area contributed by atoms with Crippen molar-refractivity contribution in [1.29, 1.82) is 0 Å². The molecule has 0 aliphatic carbocycles. The number of anilines is 2. The molecule has 1 amide bonds. The Bertz CT molecular complexity index is 1360. The van der Waals surface area contributed by atoms with Crippen LogP contribution in [0.4, 0.5) is 11.4 Å². The summed E-state index contributed by atoms with van der Waals surface area (Å²) in [6, 6.07) is 31.5. The maximum Gasteiger partial charge on any atom is 0.337 e. The number of nitrogens with one attached hydrogen (secondary N) is 1. The molecular formula is C29H24N2O4. The topological polar surface area (TPSA) is 78.9 Å². The van der Waals surface area contributed by atoms with Crippen LogP contribution >= 0.6 is 0 Å². The first-order chi connectivity index (χ1) is 17.1. The van der Waals surface area contributed by atoms with Gasteiger partial charge in [-0.15, -0.1) is 0 Å². The molecule has 1 heterocycles. The van der Waals surface area contributed by atoms with Gasteiger partial charge >= 0.3 is 5.97 Å². The molecule has 6 nitrogen and oxygen atoms in total. The molecule has 1 aliphatic heterocycles. The van der Waals surface area contributed by atoms with Gasteiger partial charge in [-0.25, -0.2) is 4.79 Å². The van der Waals surface area contributed by atoms with Crippen molar-refractivity contribution in [3.8, 4) is 5.75 Å². The van der Waals surface area contributed by atoms with Gasteiger partial charge in [0.1, 0.15) is 11.9 Å². The summed E-state index contributed by atoms with van der Waals surface area (Å²) < 4.78 is 6.37. The lowest BCUT2D eigenvalue weighted by Crippen LogP contribution is -2.29. The van der Waals surface area contributed by atoms with Crippen LogP contribution < -0.4 is 15.0 Å².